The molecule has 0 aromatic rings. The van der Waals surface area contributed by atoms with E-state index in [4.69, 9.17) is 0 Å². The van der Waals surface area contributed by atoms with E-state index in [1.54, 1.807) is 0 Å². The zero-order valence-corrected chi connectivity index (χ0v) is 5.53. The van der Waals surface area contributed by atoms with Crippen molar-refractivity contribution >= 4 is 18.6 Å². The molecule has 2 heteroatoms. The topological polar surface area (TPSA) is 12.4 Å². The lowest BCUT2D eigenvalue weighted by molar-refractivity contribution is 0.722. The second-order valence-corrected chi connectivity index (χ2v) is 2.53. The Kier molecular flexibility index (Phi) is 1.57. The lowest BCUT2D eigenvalue weighted by atomic mass is 10.1. The van der Waals surface area contributed by atoms with Crippen LogP contribution in [0.2, 0.25) is 0 Å². The third-order valence-electron chi connectivity index (χ3n) is 1.95. The number of hydrogen-bond donors (Lipinski definition) is 0. The molecule has 1 nitrogen and oxygen atoms in total. The van der Waals surface area contributed by atoms with Crippen molar-refractivity contribution in [2.75, 3.05) is 0 Å². The Labute approximate surface area is 55.6 Å². The average molecular weight is 132 g/mol. The predicted molar refractivity (Wildman–Crippen MR) is 36.9 cm³/mol. The van der Waals surface area contributed by atoms with Gasteiger partial charge in [0.2, 0.25) is 0 Å². The Morgan fingerprint density at radius 1 is 1.38 bits per heavy atom. The summed E-state index contributed by atoms with van der Waals surface area (Å²) >= 11 is 0. The molecule has 0 radical (unpaired) electrons. The van der Waals surface area contributed by atoms with Crippen LogP contribution >= 0.6 is 12.4 Å². The maximum atomic E-state index is 4.28. The summed E-state index contributed by atoms with van der Waals surface area (Å²) in [5, 5.41) is 0. The molecule has 1 heterocycles. The first kappa shape index (κ1) is 6.09. The summed E-state index contributed by atoms with van der Waals surface area (Å²) < 4.78 is 0. The molecule has 0 N–H and O–H groups in total. The SMILES string of the molecule is C1=NC2CCC1C2.Cl. The largest absolute Gasteiger partial charge is 0.294 e. The van der Waals surface area contributed by atoms with Gasteiger partial charge in [-0.05, 0) is 25.2 Å². The molecule has 1 aliphatic carbocycles. The van der Waals surface area contributed by atoms with E-state index >= 15 is 0 Å². The summed E-state index contributed by atoms with van der Waals surface area (Å²) in [4.78, 5) is 4.28. The lowest BCUT2D eigenvalue weighted by Crippen LogP contribution is -1.92. The van der Waals surface area contributed by atoms with Gasteiger partial charge >= 0.3 is 0 Å². The van der Waals surface area contributed by atoms with Gasteiger partial charge in [0.05, 0.1) is 6.04 Å². The molecule has 2 aliphatic rings. The van der Waals surface area contributed by atoms with Crippen LogP contribution in [0.3, 0.4) is 0 Å². The Morgan fingerprint density at radius 3 is 2.38 bits per heavy atom. The standard InChI is InChI=1S/C6H9N.ClH/c1-2-6-3-5(1)4-7-6;/h4-6H,1-3H2;1H. The minimum absolute atomic E-state index is 0. The quantitative estimate of drug-likeness (QED) is 0.474. The number of hydrogen-bond acceptors (Lipinski definition) is 1. The van der Waals surface area contributed by atoms with Gasteiger partial charge in [-0.1, -0.05) is 0 Å². The molecule has 8 heavy (non-hydrogen) atoms. The molecule has 0 spiro atoms. The van der Waals surface area contributed by atoms with Crippen molar-refractivity contribution < 1.29 is 0 Å². The van der Waals surface area contributed by atoms with Crippen molar-refractivity contribution in [1.29, 1.82) is 0 Å². The third kappa shape index (κ3) is 0.752. The number of aliphatic imine (C=N–C) groups is 1. The van der Waals surface area contributed by atoms with Crippen LogP contribution in [0.25, 0.3) is 0 Å². The van der Waals surface area contributed by atoms with Crippen LogP contribution in [0, 0.1) is 5.92 Å². The van der Waals surface area contributed by atoms with E-state index in [2.05, 4.69) is 11.2 Å². The van der Waals surface area contributed by atoms with Gasteiger partial charge in [-0.2, -0.15) is 0 Å². The zero-order valence-electron chi connectivity index (χ0n) is 4.71. The molecule has 0 saturated heterocycles. The fourth-order valence-electron chi connectivity index (χ4n) is 1.51. The summed E-state index contributed by atoms with van der Waals surface area (Å²) in [6.07, 6.45) is 6.27. The minimum atomic E-state index is 0. The molecule has 1 fully saturated rings. The van der Waals surface area contributed by atoms with Crippen LogP contribution in [0.1, 0.15) is 19.3 Å². The van der Waals surface area contributed by atoms with Crippen LogP contribution in [0.4, 0.5) is 0 Å². The summed E-state index contributed by atoms with van der Waals surface area (Å²) in [7, 11) is 0. The highest BCUT2D eigenvalue weighted by Crippen LogP contribution is 2.31. The van der Waals surface area contributed by atoms with Crippen molar-refractivity contribution in [3.8, 4) is 0 Å². The Hall–Kier alpha value is -0.0400. The van der Waals surface area contributed by atoms with Crippen molar-refractivity contribution in [2.45, 2.75) is 25.3 Å². The van der Waals surface area contributed by atoms with E-state index < -0.39 is 0 Å². The van der Waals surface area contributed by atoms with Gasteiger partial charge in [-0.3, -0.25) is 4.99 Å². The van der Waals surface area contributed by atoms with Crippen LogP contribution < -0.4 is 0 Å². The van der Waals surface area contributed by atoms with Crippen molar-refractivity contribution in [2.24, 2.45) is 10.9 Å². The summed E-state index contributed by atoms with van der Waals surface area (Å²) in [6, 6.07) is 0.741. The van der Waals surface area contributed by atoms with Gasteiger partial charge in [0.1, 0.15) is 0 Å². The maximum Gasteiger partial charge on any atom is 0.0502 e. The molecule has 0 aromatic carbocycles. The summed E-state index contributed by atoms with van der Waals surface area (Å²) in [6.45, 7) is 0. The highest BCUT2D eigenvalue weighted by molar-refractivity contribution is 5.85. The summed E-state index contributed by atoms with van der Waals surface area (Å²) in [5.41, 5.74) is 0. The smallest absolute Gasteiger partial charge is 0.0502 e. The predicted octanol–water partition coefficient (Wildman–Crippen LogP) is 1.66. The van der Waals surface area contributed by atoms with Gasteiger partial charge in [0.15, 0.2) is 0 Å². The van der Waals surface area contributed by atoms with E-state index in [1.165, 1.54) is 19.3 Å². The van der Waals surface area contributed by atoms with E-state index in [0.717, 1.165) is 12.0 Å². The molecule has 1 saturated carbocycles. The third-order valence-corrected chi connectivity index (χ3v) is 1.95. The Balaban J connectivity index is 0.000000320. The summed E-state index contributed by atoms with van der Waals surface area (Å²) in [5.74, 6) is 0.880. The first-order valence-corrected chi connectivity index (χ1v) is 2.98. The number of nitrogens with zero attached hydrogens (tertiary/aromatic N) is 1. The maximum absolute atomic E-state index is 4.28. The first-order valence-electron chi connectivity index (χ1n) is 2.98. The van der Waals surface area contributed by atoms with Crippen LogP contribution in [-0.2, 0) is 0 Å². The van der Waals surface area contributed by atoms with Crippen molar-refractivity contribution in [3.05, 3.63) is 0 Å². The zero-order chi connectivity index (χ0) is 4.69. The Morgan fingerprint density at radius 2 is 2.25 bits per heavy atom. The molecule has 2 bridgehead atoms. The first-order chi connectivity index (χ1) is 3.45. The number of fused-ring (bicyclic) bond motifs is 2. The van der Waals surface area contributed by atoms with Crippen LogP contribution in [0.5, 0.6) is 0 Å². The van der Waals surface area contributed by atoms with Gasteiger partial charge in [-0.25, -0.2) is 0 Å². The van der Waals surface area contributed by atoms with Gasteiger partial charge < -0.3 is 0 Å². The van der Waals surface area contributed by atoms with Crippen molar-refractivity contribution in [1.82, 2.24) is 0 Å². The van der Waals surface area contributed by atoms with E-state index in [0.29, 0.717) is 0 Å². The second kappa shape index (κ2) is 2.06. The molecule has 0 amide bonds. The second-order valence-electron chi connectivity index (χ2n) is 2.53. The van der Waals surface area contributed by atoms with Gasteiger partial charge in [-0.15, -0.1) is 12.4 Å². The van der Waals surface area contributed by atoms with E-state index in [1.807, 2.05) is 0 Å². The minimum Gasteiger partial charge on any atom is -0.294 e. The van der Waals surface area contributed by atoms with Gasteiger partial charge in [0.25, 0.3) is 0 Å². The fourth-order valence-corrected chi connectivity index (χ4v) is 1.51. The molecule has 1 aliphatic heterocycles. The van der Waals surface area contributed by atoms with Crippen molar-refractivity contribution in [3.63, 3.8) is 0 Å². The molecule has 0 aromatic heterocycles. The normalized spacial score (nSPS) is 40.0. The molecule has 2 unspecified atom stereocenters. The van der Waals surface area contributed by atoms with E-state index in [-0.39, 0.29) is 12.4 Å². The molecule has 2 atom stereocenters. The monoisotopic (exact) mass is 131 g/mol. The molecular weight excluding hydrogens is 122 g/mol. The highest BCUT2D eigenvalue weighted by atomic mass is 35.5. The Bertz CT molecular complexity index is 99.1. The van der Waals surface area contributed by atoms with Crippen LogP contribution in [-0.4, -0.2) is 12.3 Å². The average Bonchev–Trinajstić information content (AvgIpc) is 2.22. The fraction of sp³-hybridized carbons (Fsp3) is 0.833. The van der Waals surface area contributed by atoms with Crippen LogP contribution in [0.15, 0.2) is 4.99 Å². The molecule has 2 rings (SSSR count). The molecular formula is C6H10ClN. The molecule has 46 valence electrons. The lowest BCUT2D eigenvalue weighted by Gasteiger charge is -1.96. The number of rotatable bonds is 0. The highest BCUT2D eigenvalue weighted by Gasteiger charge is 2.26. The number of halogens is 1. The van der Waals surface area contributed by atoms with E-state index in [9.17, 15) is 0 Å². The van der Waals surface area contributed by atoms with Gasteiger partial charge in [0, 0.05) is 6.21 Å².